The molecule has 3 heteroatoms. The largest absolute Gasteiger partial charge is 0.478 e. The normalized spacial score (nSPS) is 17.7. The molecule has 1 aromatic rings. The van der Waals surface area contributed by atoms with Crippen molar-refractivity contribution in [1.29, 1.82) is 0 Å². The molecule has 0 N–H and O–H groups in total. The molecule has 1 heterocycles. The second-order valence-corrected chi connectivity index (χ2v) is 4.63. The lowest BCUT2D eigenvalue weighted by atomic mass is 10.0. The third-order valence-corrected chi connectivity index (χ3v) is 3.17. The van der Waals surface area contributed by atoms with E-state index < -0.39 is 6.10 Å². The molecule has 0 saturated carbocycles. The summed E-state index contributed by atoms with van der Waals surface area (Å²) in [5, 5.41) is 0. The maximum absolute atomic E-state index is 11.8. The second kappa shape index (κ2) is 6.43. The fraction of sp³-hybridized carbons (Fsp3) is 0.533. The van der Waals surface area contributed by atoms with Crippen LogP contribution in [0.4, 0.5) is 0 Å². The first-order valence-corrected chi connectivity index (χ1v) is 6.72. The highest BCUT2D eigenvalue weighted by Gasteiger charge is 2.26. The molecular formula is C15H20O3. The summed E-state index contributed by atoms with van der Waals surface area (Å²) in [6.45, 7) is 2.64. The molecule has 1 aliphatic rings. The van der Waals surface area contributed by atoms with Gasteiger partial charge in [0.05, 0.1) is 6.61 Å². The zero-order valence-electron chi connectivity index (χ0n) is 10.9. The Bertz CT molecular complexity index is 400. The lowest BCUT2D eigenvalue weighted by Crippen LogP contribution is -2.33. The van der Waals surface area contributed by atoms with Crippen LogP contribution in [0, 0.1) is 0 Å². The van der Waals surface area contributed by atoms with E-state index in [0.29, 0.717) is 13.0 Å². The zero-order chi connectivity index (χ0) is 12.8. The van der Waals surface area contributed by atoms with Crippen molar-refractivity contribution in [2.45, 2.75) is 45.1 Å². The molecule has 98 valence electrons. The van der Waals surface area contributed by atoms with Gasteiger partial charge in [-0.2, -0.15) is 0 Å². The predicted octanol–water partition coefficient (Wildman–Crippen LogP) is 3.11. The minimum atomic E-state index is -0.429. The Labute approximate surface area is 108 Å². The summed E-state index contributed by atoms with van der Waals surface area (Å²) < 4.78 is 10.9. The van der Waals surface area contributed by atoms with Crippen LogP contribution in [0.15, 0.2) is 24.3 Å². The van der Waals surface area contributed by atoms with Crippen molar-refractivity contribution < 1.29 is 14.3 Å². The number of carbonyl (C=O) groups is 1. The summed E-state index contributed by atoms with van der Waals surface area (Å²) in [5.41, 5.74) is 1.17. The maximum Gasteiger partial charge on any atom is 0.347 e. The molecule has 0 fully saturated rings. The van der Waals surface area contributed by atoms with E-state index in [1.54, 1.807) is 0 Å². The van der Waals surface area contributed by atoms with Gasteiger partial charge in [-0.25, -0.2) is 4.79 Å². The average molecular weight is 248 g/mol. The zero-order valence-corrected chi connectivity index (χ0v) is 10.9. The van der Waals surface area contributed by atoms with Crippen LogP contribution in [0.2, 0.25) is 0 Å². The molecule has 1 unspecified atom stereocenters. The summed E-state index contributed by atoms with van der Waals surface area (Å²) in [4.78, 5) is 11.8. The maximum atomic E-state index is 11.8. The highest BCUT2D eigenvalue weighted by atomic mass is 16.6. The number of para-hydroxylation sites is 1. The summed E-state index contributed by atoms with van der Waals surface area (Å²) in [7, 11) is 0. The summed E-state index contributed by atoms with van der Waals surface area (Å²) in [6.07, 6.45) is 4.33. The fourth-order valence-corrected chi connectivity index (χ4v) is 2.11. The first-order valence-electron chi connectivity index (χ1n) is 6.72. The number of fused-ring (bicyclic) bond motifs is 1. The van der Waals surface area contributed by atoms with E-state index in [9.17, 15) is 4.79 Å². The third-order valence-electron chi connectivity index (χ3n) is 3.17. The van der Waals surface area contributed by atoms with Crippen molar-refractivity contribution in [2.24, 2.45) is 0 Å². The first-order chi connectivity index (χ1) is 8.81. The fourth-order valence-electron chi connectivity index (χ4n) is 2.11. The van der Waals surface area contributed by atoms with E-state index in [1.807, 2.05) is 24.3 Å². The molecule has 1 atom stereocenters. The Morgan fingerprint density at radius 3 is 3.06 bits per heavy atom. The number of rotatable bonds is 5. The average Bonchev–Trinajstić information content (AvgIpc) is 2.43. The Morgan fingerprint density at radius 1 is 1.39 bits per heavy atom. The van der Waals surface area contributed by atoms with Crippen LogP contribution in [-0.4, -0.2) is 18.7 Å². The SMILES string of the molecule is CCCCCOC(=O)C1CCc2ccccc2O1. The number of hydrogen-bond donors (Lipinski definition) is 0. The van der Waals surface area contributed by atoms with Crippen molar-refractivity contribution in [3.8, 4) is 5.75 Å². The van der Waals surface area contributed by atoms with Crippen LogP contribution in [-0.2, 0) is 16.0 Å². The van der Waals surface area contributed by atoms with Crippen LogP contribution >= 0.6 is 0 Å². The van der Waals surface area contributed by atoms with Crippen LogP contribution in [0.3, 0.4) is 0 Å². The van der Waals surface area contributed by atoms with E-state index in [4.69, 9.17) is 9.47 Å². The van der Waals surface area contributed by atoms with Gasteiger partial charge in [0.2, 0.25) is 0 Å². The van der Waals surface area contributed by atoms with Gasteiger partial charge in [0.15, 0.2) is 6.10 Å². The van der Waals surface area contributed by atoms with Gasteiger partial charge in [0.1, 0.15) is 5.75 Å². The molecule has 2 rings (SSSR count). The van der Waals surface area contributed by atoms with Crippen molar-refractivity contribution in [3.63, 3.8) is 0 Å². The van der Waals surface area contributed by atoms with E-state index >= 15 is 0 Å². The number of carbonyl (C=O) groups excluding carboxylic acids is 1. The highest BCUT2D eigenvalue weighted by Crippen LogP contribution is 2.27. The van der Waals surface area contributed by atoms with Gasteiger partial charge in [-0.15, -0.1) is 0 Å². The van der Waals surface area contributed by atoms with Gasteiger partial charge >= 0.3 is 5.97 Å². The number of benzene rings is 1. The number of ether oxygens (including phenoxy) is 2. The Hall–Kier alpha value is -1.51. The van der Waals surface area contributed by atoms with Crippen molar-refractivity contribution in [2.75, 3.05) is 6.61 Å². The number of aryl methyl sites for hydroxylation is 1. The molecule has 3 nitrogen and oxygen atoms in total. The third kappa shape index (κ3) is 3.25. The topological polar surface area (TPSA) is 35.5 Å². The second-order valence-electron chi connectivity index (χ2n) is 4.63. The van der Waals surface area contributed by atoms with Crippen LogP contribution in [0.5, 0.6) is 5.75 Å². The van der Waals surface area contributed by atoms with Gasteiger partial charge in [-0.1, -0.05) is 38.0 Å². The van der Waals surface area contributed by atoms with Gasteiger partial charge < -0.3 is 9.47 Å². The quantitative estimate of drug-likeness (QED) is 0.593. The summed E-state index contributed by atoms with van der Waals surface area (Å²) in [5.74, 6) is 0.597. The molecule has 18 heavy (non-hydrogen) atoms. The Morgan fingerprint density at radius 2 is 2.22 bits per heavy atom. The van der Waals surface area contributed by atoms with Crippen molar-refractivity contribution >= 4 is 5.97 Å². The first kappa shape index (κ1) is 12.9. The van der Waals surface area contributed by atoms with Crippen LogP contribution in [0.25, 0.3) is 0 Å². The van der Waals surface area contributed by atoms with Gasteiger partial charge in [-0.05, 0) is 30.9 Å². The van der Waals surface area contributed by atoms with E-state index in [0.717, 1.165) is 31.4 Å². The highest BCUT2D eigenvalue weighted by molar-refractivity contribution is 5.75. The lowest BCUT2D eigenvalue weighted by Gasteiger charge is -2.24. The standard InChI is InChI=1S/C15H20O3/c1-2-3-6-11-17-15(16)14-10-9-12-7-4-5-8-13(12)18-14/h4-5,7-8,14H,2-3,6,9-11H2,1H3. The Balaban J connectivity index is 1.83. The van der Waals surface area contributed by atoms with Gasteiger partial charge in [0.25, 0.3) is 0 Å². The monoisotopic (exact) mass is 248 g/mol. The molecule has 0 spiro atoms. The minimum Gasteiger partial charge on any atom is -0.478 e. The van der Waals surface area contributed by atoms with Crippen LogP contribution in [0.1, 0.15) is 38.2 Å². The lowest BCUT2D eigenvalue weighted by molar-refractivity contribution is -0.152. The van der Waals surface area contributed by atoms with Gasteiger partial charge in [0, 0.05) is 0 Å². The molecule has 0 aromatic heterocycles. The van der Waals surface area contributed by atoms with Gasteiger partial charge in [-0.3, -0.25) is 0 Å². The number of hydrogen-bond acceptors (Lipinski definition) is 3. The van der Waals surface area contributed by atoms with E-state index in [1.165, 1.54) is 5.56 Å². The Kier molecular flexibility index (Phi) is 4.62. The summed E-state index contributed by atoms with van der Waals surface area (Å²) >= 11 is 0. The van der Waals surface area contributed by atoms with Crippen LogP contribution < -0.4 is 4.74 Å². The molecule has 0 amide bonds. The smallest absolute Gasteiger partial charge is 0.347 e. The number of esters is 1. The predicted molar refractivity (Wildman–Crippen MR) is 69.7 cm³/mol. The van der Waals surface area contributed by atoms with E-state index in [-0.39, 0.29) is 5.97 Å². The van der Waals surface area contributed by atoms with Crippen molar-refractivity contribution in [3.05, 3.63) is 29.8 Å². The molecule has 0 radical (unpaired) electrons. The molecule has 0 saturated heterocycles. The molecule has 1 aromatic carbocycles. The summed E-state index contributed by atoms with van der Waals surface area (Å²) in [6, 6.07) is 7.86. The molecule has 0 bridgehead atoms. The van der Waals surface area contributed by atoms with E-state index in [2.05, 4.69) is 6.92 Å². The van der Waals surface area contributed by atoms with Crippen molar-refractivity contribution in [1.82, 2.24) is 0 Å². The number of unbranched alkanes of at least 4 members (excludes halogenated alkanes) is 2. The molecule has 0 aliphatic carbocycles. The minimum absolute atomic E-state index is 0.222. The molecule has 1 aliphatic heterocycles. The molecular weight excluding hydrogens is 228 g/mol.